The van der Waals surface area contributed by atoms with Gasteiger partial charge in [0.05, 0.1) is 4.88 Å². The smallest absolute Gasteiger partial charge is 0.150 e. The molecule has 0 saturated carbocycles. The Balaban J connectivity index is 1.86. The molecule has 20 heavy (non-hydrogen) atoms. The second-order valence-electron chi connectivity index (χ2n) is 4.67. The van der Waals surface area contributed by atoms with E-state index in [-0.39, 0.29) is 0 Å². The van der Waals surface area contributed by atoms with Crippen LogP contribution in [0.5, 0.6) is 0 Å². The van der Waals surface area contributed by atoms with Gasteiger partial charge in [0.15, 0.2) is 0 Å². The van der Waals surface area contributed by atoms with Crippen LogP contribution in [0.3, 0.4) is 0 Å². The minimum absolute atomic E-state index is 0.396. The molecule has 3 rings (SSSR count). The molecule has 0 aliphatic rings. The third-order valence-electron chi connectivity index (χ3n) is 3.37. The monoisotopic (exact) mass is 300 g/mol. The van der Waals surface area contributed by atoms with Crippen LogP contribution >= 0.6 is 24.0 Å². The molecule has 0 spiro atoms. The topological polar surface area (TPSA) is 17.8 Å². The van der Waals surface area contributed by atoms with Gasteiger partial charge in [-0.05, 0) is 22.8 Å². The van der Waals surface area contributed by atoms with Crippen LogP contribution in [0, 0.1) is 0 Å². The van der Waals surface area contributed by atoms with Crippen molar-refractivity contribution in [3.63, 3.8) is 0 Å². The van der Waals surface area contributed by atoms with Gasteiger partial charge in [-0.2, -0.15) is 12.6 Å². The lowest BCUT2D eigenvalue weighted by Crippen LogP contribution is -2.11. The van der Waals surface area contributed by atoms with Crippen molar-refractivity contribution in [3.8, 4) is 10.7 Å². The van der Waals surface area contributed by atoms with E-state index in [9.17, 15) is 0 Å². The summed E-state index contributed by atoms with van der Waals surface area (Å²) >= 11 is 6.24. The van der Waals surface area contributed by atoms with Gasteiger partial charge in [-0.25, -0.2) is 4.98 Å². The summed E-state index contributed by atoms with van der Waals surface area (Å²) in [5.74, 6) is 2.27. The van der Waals surface area contributed by atoms with E-state index in [0.717, 1.165) is 18.1 Å². The van der Waals surface area contributed by atoms with Gasteiger partial charge in [-0.3, -0.25) is 0 Å². The van der Waals surface area contributed by atoms with E-state index in [2.05, 4.69) is 70.2 Å². The summed E-state index contributed by atoms with van der Waals surface area (Å²) in [5.41, 5.74) is 1.33. The molecule has 1 atom stereocenters. The molecule has 0 bridgehead atoms. The van der Waals surface area contributed by atoms with Crippen molar-refractivity contribution in [2.45, 2.75) is 12.5 Å². The summed E-state index contributed by atoms with van der Waals surface area (Å²) in [6, 6.07) is 14.7. The Hall–Kier alpha value is -1.52. The fraction of sp³-hybridized carbons (Fsp3) is 0.188. The fourth-order valence-electron chi connectivity index (χ4n) is 2.32. The molecule has 2 heterocycles. The summed E-state index contributed by atoms with van der Waals surface area (Å²) in [6.07, 6.45) is 3.92. The van der Waals surface area contributed by atoms with Gasteiger partial charge < -0.3 is 4.57 Å². The van der Waals surface area contributed by atoms with Gasteiger partial charge in [-0.15, -0.1) is 11.3 Å². The maximum atomic E-state index is 4.52. The van der Waals surface area contributed by atoms with Crippen LogP contribution in [0.25, 0.3) is 10.7 Å². The van der Waals surface area contributed by atoms with E-state index in [4.69, 9.17) is 0 Å². The van der Waals surface area contributed by atoms with Crippen molar-refractivity contribution >= 4 is 24.0 Å². The molecule has 0 amide bonds. The van der Waals surface area contributed by atoms with Crippen molar-refractivity contribution in [2.24, 2.45) is 0 Å². The predicted octanol–water partition coefficient (Wildman–Crippen LogP) is 4.33. The molecule has 4 heteroatoms. The van der Waals surface area contributed by atoms with Crippen LogP contribution in [0.2, 0.25) is 0 Å². The number of benzene rings is 1. The predicted molar refractivity (Wildman–Crippen MR) is 88.6 cm³/mol. The number of nitrogens with zero attached hydrogens (tertiary/aromatic N) is 2. The number of aromatic nitrogens is 2. The van der Waals surface area contributed by atoms with Crippen LogP contribution in [0.15, 0.2) is 60.2 Å². The van der Waals surface area contributed by atoms with Crippen LogP contribution in [0.4, 0.5) is 0 Å². The van der Waals surface area contributed by atoms with Crippen molar-refractivity contribution < 1.29 is 0 Å². The van der Waals surface area contributed by atoms with Gasteiger partial charge in [0.2, 0.25) is 0 Å². The van der Waals surface area contributed by atoms with E-state index >= 15 is 0 Å². The first kappa shape index (κ1) is 13.5. The Morgan fingerprint density at radius 1 is 1.15 bits per heavy atom. The SMILES string of the molecule is SCC(Cn1ccnc1-c1cccs1)c1ccccc1. The molecule has 1 aromatic carbocycles. The first-order valence-corrected chi connectivity index (χ1v) is 8.10. The molecular weight excluding hydrogens is 284 g/mol. The van der Waals surface area contributed by atoms with E-state index in [0.29, 0.717) is 5.92 Å². The van der Waals surface area contributed by atoms with Crippen molar-refractivity contribution in [2.75, 3.05) is 5.75 Å². The largest absolute Gasteiger partial charge is 0.330 e. The molecular formula is C16H16N2S2. The zero-order valence-electron chi connectivity index (χ0n) is 11.0. The van der Waals surface area contributed by atoms with Crippen molar-refractivity contribution in [1.82, 2.24) is 9.55 Å². The lowest BCUT2D eigenvalue weighted by atomic mass is 10.0. The highest BCUT2D eigenvalue weighted by molar-refractivity contribution is 7.80. The van der Waals surface area contributed by atoms with Gasteiger partial charge in [0, 0.05) is 24.9 Å². The average molecular weight is 300 g/mol. The molecule has 1 unspecified atom stereocenters. The number of hydrogen-bond acceptors (Lipinski definition) is 3. The van der Waals surface area contributed by atoms with Gasteiger partial charge in [0.25, 0.3) is 0 Å². The van der Waals surface area contributed by atoms with E-state index < -0.39 is 0 Å². The fourth-order valence-corrected chi connectivity index (χ4v) is 3.38. The van der Waals surface area contributed by atoms with Gasteiger partial charge >= 0.3 is 0 Å². The summed E-state index contributed by atoms with van der Waals surface area (Å²) in [6.45, 7) is 0.904. The zero-order valence-corrected chi connectivity index (χ0v) is 12.7. The molecule has 0 aliphatic heterocycles. The van der Waals surface area contributed by atoms with Gasteiger partial charge in [0.1, 0.15) is 5.82 Å². The molecule has 0 radical (unpaired) electrons. The average Bonchev–Trinajstić information content (AvgIpc) is 3.16. The second kappa shape index (κ2) is 6.29. The highest BCUT2D eigenvalue weighted by Crippen LogP contribution is 2.26. The number of rotatable bonds is 5. The Kier molecular flexibility index (Phi) is 4.23. The minimum Gasteiger partial charge on any atom is -0.330 e. The standard InChI is InChI=1S/C16H16N2S2/c19-12-14(13-5-2-1-3-6-13)11-18-9-8-17-16(18)15-7-4-10-20-15/h1-10,14,19H,11-12H2. The Labute approximate surface area is 128 Å². The molecule has 0 aliphatic carbocycles. The summed E-state index contributed by atoms with van der Waals surface area (Å²) in [5, 5.41) is 2.08. The number of thiol groups is 1. The maximum absolute atomic E-state index is 4.52. The Bertz CT molecular complexity index is 644. The van der Waals surface area contributed by atoms with Crippen LogP contribution in [-0.4, -0.2) is 15.3 Å². The molecule has 2 aromatic heterocycles. The molecule has 0 N–H and O–H groups in total. The van der Waals surface area contributed by atoms with Crippen LogP contribution in [0.1, 0.15) is 11.5 Å². The number of thiophene rings is 1. The normalized spacial score (nSPS) is 12.4. The van der Waals surface area contributed by atoms with Crippen molar-refractivity contribution in [1.29, 1.82) is 0 Å². The molecule has 0 saturated heterocycles. The first-order valence-electron chi connectivity index (χ1n) is 6.59. The molecule has 2 nitrogen and oxygen atoms in total. The number of hydrogen-bond donors (Lipinski definition) is 1. The quantitative estimate of drug-likeness (QED) is 0.695. The summed E-state index contributed by atoms with van der Waals surface area (Å²) in [4.78, 5) is 5.70. The minimum atomic E-state index is 0.396. The van der Waals surface area contributed by atoms with E-state index in [1.165, 1.54) is 10.4 Å². The van der Waals surface area contributed by atoms with Crippen molar-refractivity contribution in [3.05, 3.63) is 65.8 Å². The lowest BCUT2D eigenvalue weighted by molar-refractivity contribution is 0.610. The summed E-state index contributed by atoms with van der Waals surface area (Å²) in [7, 11) is 0. The van der Waals surface area contributed by atoms with Crippen LogP contribution in [-0.2, 0) is 6.54 Å². The van der Waals surface area contributed by atoms with Crippen LogP contribution < -0.4 is 0 Å². The molecule has 102 valence electrons. The first-order chi connectivity index (χ1) is 9.88. The zero-order chi connectivity index (χ0) is 13.8. The highest BCUT2D eigenvalue weighted by Gasteiger charge is 2.13. The second-order valence-corrected chi connectivity index (χ2v) is 5.98. The Morgan fingerprint density at radius 2 is 2.00 bits per heavy atom. The molecule has 0 fully saturated rings. The highest BCUT2D eigenvalue weighted by atomic mass is 32.1. The third-order valence-corrected chi connectivity index (χ3v) is 4.67. The van der Waals surface area contributed by atoms with E-state index in [1.54, 1.807) is 11.3 Å². The van der Waals surface area contributed by atoms with Gasteiger partial charge in [-0.1, -0.05) is 36.4 Å². The van der Waals surface area contributed by atoms with E-state index in [1.807, 2.05) is 12.3 Å². The third kappa shape index (κ3) is 2.81. The number of imidazole rings is 1. The summed E-state index contributed by atoms with van der Waals surface area (Å²) < 4.78 is 2.22. The Morgan fingerprint density at radius 3 is 2.70 bits per heavy atom. The molecule has 3 aromatic rings. The lowest BCUT2D eigenvalue weighted by Gasteiger charge is -2.17. The maximum Gasteiger partial charge on any atom is 0.150 e.